The Morgan fingerprint density at radius 2 is 1.61 bits per heavy atom. The Kier molecular flexibility index (Phi) is 11.1. The third-order valence-corrected chi connectivity index (χ3v) is 3.21. The van der Waals surface area contributed by atoms with Crippen molar-refractivity contribution in [3.8, 4) is 0 Å². The van der Waals surface area contributed by atoms with Gasteiger partial charge in [-0.1, -0.05) is 0 Å². The molecule has 0 aliphatic carbocycles. The quantitative estimate of drug-likeness (QED) is 0.856. The largest absolute Gasteiger partial charge is 0.340 e. The van der Waals surface area contributed by atoms with Crippen LogP contribution in [0, 0.1) is 0 Å². The fourth-order valence-corrected chi connectivity index (χ4v) is 2.00. The lowest BCUT2D eigenvalue weighted by atomic mass is 10.1. The molecule has 18 heavy (non-hydrogen) atoms. The first-order valence-corrected chi connectivity index (χ1v) is 6.28. The number of nitrogens with zero attached hydrogens (tertiary/aromatic N) is 2. The molecule has 6 heteroatoms. The average molecular weight is 300 g/mol. The molecule has 1 aliphatic heterocycles. The van der Waals surface area contributed by atoms with Crippen molar-refractivity contribution in [1.82, 2.24) is 9.80 Å². The second-order valence-corrected chi connectivity index (χ2v) is 5.03. The number of carbonyl (C=O) groups excluding carboxylic acids is 1. The summed E-state index contributed by atoms with van der Waals surface area (Å²) in [6, 6.07) is 0.710. The molecule has 1 fully saturated rings. The van der Waals surface area contributed by atoms with Crippen LogP contribution in [-0.2, 0) is 4.79 Å². The Bertz CT molecular complexity index is 229. The lowest BCUT2D eigenvalue weighted by molar-refractivity contribution is -0.133. The first-order valence-electron chi connectivity index (χ1n) is 6.28. The number of nitrogens with two attached hydrogens (primary N) is 1. The number of hydrogen-bond donors (Lipinski definition) is 1. The molecule has 0 aromatic rings. The van der Waals surface area contributed by atoms with Gasteiger partial charge in [0, 0.05) is 44.7 Å². The van der Waals surface area contributed by atoms with E-state index in [4.69, 9.17) is 5.73 Å². The highest BCUT2D eigenvalue weighted by Gasteiger charge is 2.21. The van der Waals surface area contributed by atoms with Gasteiger partial charge in [0.2, 0.25) is 5.91 Å². The second-order valence-electron chi connectivity index (χ2n) is 5.03. The molecule has 1 aliphatic rings. The molecule has 1 rings (SSSR count). The summed E-state index contributed by atoms with van der Waals surface area (Å²) in [7, 11) is 0. The van der Waals surface area contributed by atoms with E-state index in [1.165, 1.54) is 0 Å². The first kappa shape index (κ1) is 20.3. The molecule has 1 saturated heterocycles. The van der Waals surface area contributed by atoms with Crippen LogP contribution in [0.15, 0.2) is 0 Å². The van der Waals surface area contributed by atoms with E-state index >= 15 is 0 Å². The van der Waals surface area contributed by atoms with E-state index in [0.29, 0.717) is 12.5 Å². The van der Waals surface area contributed by atoms with E-state index < -0.39 is 0 Å². The maximum atomic E-state index is 11.8. The summed E-state index contributed by atoms with van der Waals surface area (Å²) in [4.78, 5) is 16.2. The monoisotopic (exact) mass is 299 g/mol. The molecule has 1 unspecified atom stereocenters. The zero-order valence-electron chi connectivity index (χ0n) is 11.6. The lowest BCUT2D eigenvalue weighted by Crippen LogP contribution is -2.50. The van der Waals surface area contributed by atoms with E-state index in [1.807, 2.05) is 11.8 Å². The maximum Gasteiger partial charge on any atom is 0.222 e. The van der Waals surface area contributed by atoms with E-state index in [9.17, 15) is 4.79 Å². The van der Waals surface area contributed by atoms with Gasteiger partial charge in [-0.3, -0.25) is 9.69 Å². The van der Waals surface area contributed by atoms with Crippen LogP contribution in [0.2, 0.25) is 0 Å². The van der Waals surface area contributed by atoms with Crippen molar-refractivity contribution < 1.29 is 4.79 Å². The predicted molar refractivity (Wildman–Crippen MR) is 80.7 cm³/mol. The molecular formula is C12H27Cl2N3O. The number of amides is 1. The minimum atomic E-state index is 0. The molecular weight excluding hydrogens is 273 g/mol. The highest BCUT2D eigenvalue weighted by molar-refractivity contribution is 5.85. The Labute approximate surface area is 123 Å². The maximum absolute atomic E-state index is 11.8. The Morgan fingerprint density at radius 3 is 2.00 bits per heavy atom. The molecule has 1 atom stereocenters. The molecule has 0 aromatic heterocycles. The summed E-state index contributed by atoms with van der Waals surface area (Å²) in [5.74, 6) is 0.265. The molecule has 4 nitrogen and oxygen atoms in total. The minimum Gasteiger partial charge on any atom is -0.340 e. The lowest BCUT2D eigenvalue weighted by Gasteiger charge is -2.37. The molecule has 1 amide bonds. The average Bonchev–Trinajstić information content (AvgIpc) is 2.26. The predicted octanol–water partition coefficient (Wildman–Crippen LogP) is 1.51. The van der Waals surface area contributed by atoms with Crippen LogP contribution in [0.1, 0.15) is 33.6 Å². The highest BCUT2D eigenvalue weighted by atomic mass is 35.5. The van der Waals surface area contributed by atoms with Crippen LogP contribution in [0.3, 0.4) is 0 Å². The summed E-state index contributed by atoms with van der Waals surface area (Å²) in [6.07, 6.45) is 1.39. The van der Waals surface area contributed by atoms with Crippen molar-refractivity contribution in [2.24, 2.45) is 5.73 Å². The molecule has 0 radical (unpaired) electrons. The van der Waals surface area contributed by atoms with Gasteiger partial charge < -0.3 is 10.6 Å². The van der Waals surface area contributed by atoms with Crippen LogP contribution >= 0.6 is 24.8 Å². The van der Waals surface area contributed by atoms with Gasteiger partial charge in [-0.25, -0.2) is 0 Å². The van der Waals surface area contributed by atoms with Gasteiger partial charge in [0.15, 0.2) is 0 Å². The third kappa shape index (κ3) is 6.78. The Balaban J connectivity index is 0. The van der Waals surface area contributed by atoms with Crippen LogP contribution in [0.25, 0.3) is 0 Å². The van der Waals surface area contributed by atoms with E-state index in [1.54, 1.807) is 0 Å². The number of carbonyl (C=O) groups is 1. The molecule has 1 heterocycles. The topological polar surface area (TPSA) is 49.6 Å². The minimum absolute atomic E-state index is 0. The van der Waals surface area contributed by atoms with Crippen LogP contribution < -0.4 is 5.73 Å². The smallest absolute Gasteiger partial charge is 0.222 e. The standard InChI is InChI=1S/C12H25N3O.2ClH/c1-10(2)14-6-8-15(9-7-14)12(16)5-4-11(3)13;;/h10-11H,4-9,13H2,1-3H3;2*1H. The summed E-state index contributed by atoms with van der Waals surface area (Å²) in [6.45, 7) is 10.1. The molecule has 0 saturated carbocycles. The van der Waals surface area contributed by atoms with E-state index in [-0.39, 0.29) is 36.8 Å². The SMILES string of the molecule is CC(N)CCC(=O)N1CCN(C(C)C)CC1.Cl.Cl. The summed E-state index contributed by atoms with van der Waals surface area (Å²) in [5, 5.41) is 0. The van der Waals surface area contributed by atoms with E-state index in [0.717, 1.165) is 32.6 Å². The van der Waals surface area contributed by atoms with Gasteiger partial charge in [0.1, 0.15) is 0 Å². The van der Waals surface area contributed by atoms with E-state index in [2.05, 4.69) is 18.7 Å². The van der Waals surface area contributed by atoms with Crippen molar-refractivity contribution in [1.29, 1.82) is 0 Å². The van der Waals surface area contributed by atoms with Crippen LogP contribution in [0.4, 0.5) is 0 Å². The van der Waals surface area contributed by atoms with Crippen molar-refractivity contribution in [3.05, 3.63) is 0 Å². The van der Waals surface area contributed by atoms with Crippen LogP contribution in [-0.4, -0.2) is 54.0 Å². The van der Waals surface area contributed by atoms with Gasteiger partial charge in [0.25, 0.3) is 0 Å². The molecule has 0 bridgehead atoms. The summed E-state index contributed by atoms with van der Waals surface area (Å²) in [5.41, 5.74) is 5.65. The normalized spacial score (nSPS) is 17.9. The number of halogens is 2. The third-order valence-electron chi connectivity index (χ3n) is 3.21. The number of piperazine rings is 1. The zero-order chi connectivity index (χ0) is 12.1. The van der Waals surface area contributed by atoms with Crippen molar-refractivity contribution in [2.75, 3.05) is 26.2 Å². The van der Waals surface area contributed by atoms with Crippen molar-refractivity contribution in [3.63, 3.8) is 0 Å². The molecule has 110 valence electrons. The van der Waals surface area contributed by atoms with Gasteiger partial charge in [0.05, 0.1) is 0 Å². The first-order chi connectivity index (χ1) is 7.50. The van der Waals surface area contributed by atoms with Gasteiger partial charge >= 0.3 is 0 Å². The van der Waals surface area contributed by atoms with Gasteiger partial charge in [-0.15, -0.1) is 24.8 Å². The van der Waals surface area contributed by atoms with Gasteiger partial charge in [-0.05, 0) is 27.2 Å². The van der Waals surface area contributed by atoms with Crippen molar-refractivity contribution in [2.45, 2.75) is 45.7 Å². The fourth-order valence-electron chi connectivity index (χ4n) is 2.00. The Hall–Kier alpha value is -0.0300. The highest BCUT2D eigenvalue weighted by Crippen LogP contribution is 2.08. The number of hydrogen-bond acceptors (Lipinski definition) is 3. The number of rotatable bonds is 4. The summed E-state index contributed by atoms with van der Waals surface area (Å²) < 4.78 is 0. The Morgan fingerprint density at radius 1 is 1.11 bits per heavy atom. The van der Waals surface area contributed by atoms with Crippen LogP contribution in [0.5, 0.6) is 0 Å². The second kappa shape index (κ2) is 9.84. The molecule has 0 aromatic carbocycles. The molecule has 2 N–H and O–H groups in total. The molecule has 0 spiro atoms. The van der Waals surface area contributed by atoms with Crippen molar-refractivity contribution >= 4 is 30.7 Å². The summed E-state index contributed by atoms with van der Waals surface area (Å²) >= 11 is 0. The fraction of sp³-hybridized carbons (Fsp3) is 0.917. The van der Waals surface area contributed by atoms with Gasteiger partial charge in [-0.2, -0.15) is 0 Å². The zero-order valence-corrected chi connectivity index (χ0v) is 13.2.